The van der Waals surface area contributed by atoms with Crippen molar-refractivity contribution in [1.82, 2.24) is 5.32 Å². The zero-order chi connectivity index (χ0) is 11.5. The molecular weight excluding hydrogens is 198 g/mol. The van der Waals surface area contributed by atoms with Crippen LogP contribution in [0.1, 0.15) is 24.8 Å². The van der Waals surface area contributed by atoms with Gasteiger partial charge >= 0.3 is 0 Å². The highest BCUT2D eigenvalue weighted by atomic mass is 16.5. The third-order valence-electron chi connectivity index (χ3n) is 2.56. The number of hydrogen-bond acceptors (Lipinski definition) is 2. The fourth-order valence-corrected chi connectivity index (χ4v) is 1.63. The second-order valence-electron chi connectivity index (χ2n) is 4.01. The number of ether oxygens (including phenoxy) is 1. The van der Waals surface area contributed by atoms with Crippen molar-refractivity contribution >= 4 is 0 Å². The van der Waals surface area contributed by atoms with Crippen LogP contribution in [0.2, 0.25) is 0 Å². The largest absolute Gasteiger partial charge is 0.381 e. The molecule has 0 bridgehead atoms. The quantitative estimate of drug-likeness (QED) is 0.647. The molecule has 1 aromatic carbocycles. The van der Waals surface area contributed by atoms with Crippen LogP contribution in [-0.4, -0.2) is 26.8 Å². The Hall–Kier alpha value is -0.860. The van der Waals surface area contributed by atoms with Crippen molar-refractivity contribution in [2.24, 2.45) is 0 Å². The van der Waals surface area contributed by atoms with Crippen LogP contribution in [0.4, 0.5) is 0 Å². The van der Waals surface area contributed by atoms with Crippen molar-refractivity contribution in [1.29, 1.82) is 0 Å². The Bertz CT molecular complexity index is 248. The molecule has 0 atom stereocenters. The van der Waals surface area contributed by atoms with E-state index in [1.807, 2.05) is 7.05 Å². The molecule has 0 fully saturated rings. The lowest BCUT2D eigenvalue weighted by Crippen LogP contribution is -2.08. The molecule has 16 heavy (non-hydrogen) atoms. The second-order valence-corrected chi connectivity index (χ2v) is 4.01. The van der Waals surface area contributed by atoms with Gasteiger partial charge in [-0.3, -0.25) is 0 Å². The molecular formula is C14H23NO. The third kappa shape index (κ3) is 6.59. The first-order valence-electron chi connectivity index (χ1n) is 6.20. The van der Waals surface area contributed by atoms with Crippen molar-refractivity contribution in [2.75, 3.05) is 26.8 Å². The van der Waals surface area contributed by atoms with Gasteiger partial charge in [-0.05, 0) is 44.8 Å². The molecule has 0 aliphatic rings. The summed E-state index contributed by atoms with van der Waals surface area (Å²) >= 11 is 0. The fraction of sp³-hybridized carbons (Fsp3) is 0.571. The van der Waals surface area contributed by atoms with Crippen LogP contribution in [0.5, 0.6) is 0 Å². The van der Waals surface area contributed by atoms with Gasteiger partial charge in [0.15, 0.2) is 0 Å². The maximum absolute atomic E-state index is 5.57. The highest BCUT2D eigenvalue weighted by Crippen LogP contribution is 2.02. The van der Waals surface area contributed by atoms with Crippen LogP contribution in [-0.2, 0) is 11.2 Å². The van der Waals surface area contributed by atoms with Crippen LogP contribution < -0.4 is 5.32 Å². The Morgan fingerprint density at radius 2 is 1.75 bits per heavy atom. The fourth-order valence-electron chi connectivity index (χ4n) is 1.63. The van der Waals surface area contributed by atoms with Gasteiger partial charge in [0, 0.05) is 13.2 Å². The molecule has 0 unspecified atom stereocenters. The second kappa shape index (κ2) is 9.37. The predicted octanol–water partition coefficient (Wildman–Crippen LogP) is 2.64. The molecule has 0 saturated carbocycles. The SMILES string of the molecule is CNCCCCOCCCc1ccccc1. The number of unbranched alkanes of at least 4 members (excludes halogenated alkanes) is 1. The van der Waals surface area contributed by atoms with E-state index in [4.69, 9.17) is 4.74 Å². The third-order valence-corrected chi connectivity index (χ3v) is 2.56. The van der Waals surface area contributed by atoms with E-state index in [1.54, 1.807) is 0 Å². The van der Waals surface area contributed by atoms with Crippen molar-refractivity contribution in [3.63, 3.8) is 0 Å². The normalized spacial score (nSPS) is 10.6. The first-order valence-corrected chi connectivity index (χ1v) is 6.20. The van der Waals surface area contributed by atoms with Gasteiger partial charge in [0.05, 0.1) is 0 Å². The summed E-state index contributed by atoms with van der Waals surface area (Å²) in [6, 6.07) is 10.6. The van der Waals surface area contributed by atoms with E-state index >= 15 is 0 Å². The summed E-state index contributed by atoms with van der Waals surface area (Å²) in [7, 11) is 1.99. The highest BCUT2D eigenvalue weighted by Gasteiger charge is 1.92. The molecule has 0 aromatic heterocycles. The number of hydrogen-bond donors (Lipinski definition) is 1. The Kier molecular flexibility index (Phi) is 7.74. The minimum absolute atomic E-state index is 0.883. The maximum Gasteiger partial charge on any atom is 0.0469 e. The molecule has 0 aliphatic heterocycles. The Morgan fingerprint density at radius 3 is 2.50 bits per heavy atom. The topological polar surface area (TPSA) is 21.3 Å². The lowest BCUT2D eigenvalue weighted by atomic mass is 10.1. The van der Waals surface area contributed by atoms with Gasteiger partial charge in [-0.15, -0.1) is 0 Å². The van der Waals surface area contributed by atoms with E-state index < -0.39 is 0 Å². The first-order chi connectivity index (χ1) is 7.93. The van der Waals surface area contributed by atoms with Gasteiger partial charge in [-0.25, -0.2) is 0 Å². The lowest BCUT2D eigenvalue weighted by molar-refractivity contribution is 0.128. The summed E-state index contributed by atoms with van der Waals surface area (Å²) < 4.78 is 5.57. The summed E-state index contributed by atoms with van der Waals surface area (Å²) in [5.41, 5.74) is 1.40. The Balaban J connectivity index is 1.89. The summed E-state index contributed by atoms with van der Waals surface area (Å²) in [5, 5.41) is 3.14. The van der Waals surface area contributed by atoms with Crippen molar-refractivity contribution < 1.29 is 4.74 Å². The number of rotatable bonds is 9. The molecule has 2 nitrogen and oxygen atoms in total. The molecule has 0 aliphatic carbocycles. The average molecular weight is 221 g/mol. The minimum atomic E-state index is 0.883. The van der Waals surface area contributed by atoms with Crippen LogP contribution in [0, 0.1) is 0 Å². The zero-order valence-electron chi connectivity index (χ0n) is 10.2. The maximum atomic E-state index is 5.57. The van der Waals surface area contributed by atoms with Gasteiger partial charge < -0.3 is 10.1 Å². The number of benzene rings is 1. The van der Waals surface area contributed by atoms with E-state index in [9.17, 15) is 0 Å². The zero-order valence-corrected chi connectivity index (χ0v) is 10.2. The van der Waals surface area contributed by atoms with Gasteiger partial charge in [0.25, 0.3) is 0 Å². The predicted molar refractivity (Wildman–Crippen MR) is 68.7 cm³/mol. The van der Waals surface area contributed by atoms with Gasteiger partial charge in [0.1, 0.15) is 0 Å². The molecule has 0 spiro atoms. The van der Waals surface area contributed by atoms with Crippen LogP contribution in [0.3, 0.4) is 0 Å². The minimum Gasteiger partial charge on any atom is -0.381 e. The summed E-state index contributed by atoms with van der Waals surface area (Å²) in [6.45, 7) is 2.87. The van der Waals surface area contributed by atoms with E-state index in [2.05, 4.69) is 35.6 Å². The van der Waals surface area contributed by atoms with Crippen LogP contribution in [0.15, 0.2) is 30.3 Å². The van der Waals surface area contributed by atoms with Crippen LogP contribution >= 0.6 is 0 Å². The molecule has 0 amide bonds. The summed E-state index contributed by atoms with van der Waals surface area (Å²) in [5.74, 6) is 0. The molecule has 0 radical (unpaired) electrons. The van der Waals surface area contributed by atoms with E-state index in [-0.39, 0.29) is 0 Å². The first kappa shape index (κ1) is 13.2. The van der Waals surface area contributed by atoms with Crippen molar-refractivity contribution in [3.8, 4) is 0 Å². The number of nitrogens with one attached hydrogen (secondary N) is 1. The monoisotopic (exact) mass is 221 g/mol. The smallest absolute Gasteiger partial charge is 0.0469 e. The molecule has 2 heteroatoms. The summed E-state index contributed by atoms with van der Waals surface area (Å²) in [6.07, 6.45) is 4.61. The molecule has 1 N–H and O–H groups in total. The van der Waals surface area contributed by atoms with Crippen molar-refractivity contribution in [3.05, 3.63) is 35.9 Å². The number of aryl methyl sites for hydroxylation is 1. The average Bonchev–Trinajstić information content (AvgIpc) is 2.34. The van der Waals surface area contributed by atoms with Gasteiger partial charge in [0.2, 0.25) is 0 Å². The van der Waals surface area contributed by atoms with E-state index in [0.29, 0.717) is 0 Å². The highest BCUT2D eigenvalue weighted by molar-refractivity contribution is 5.14. The molecule has 0 saturated heterocycles. The molecule has 0 heterocycles. The lowest BCUT2D eigenvalue weighted by Gasteiger charge is -2.04. The van der Waals surface area contributed by atoms with E-state index in [1.165, 1.54) is 12.0 Å². The summed E-state index contributed by atoms with van der Waals surface area (Å²) in [4.78, 5) is 0. The van der Waals surface area contributed by atoms with Gasteiger partial charge in [-0.2, -0.15) is 0 Å². The standard InChI is InChI=1S/C14H23NO/c1-15-11-5-6-12-16-13-7-10-14-8-3-2-4-9-14/h2-4,8-9,15H,5-7,10-13H2,1H3. The van der Waals surface area contributed by atoms with Crippen molar-refractivity contribution in [2.45, 2.75) is 25.7 Å². The molecule has 1 aromatic rings. The van der Waals surface area contributed by atoms with Crippen LogP contribution in [0.25, 0.3) is 0 Å². The molecule has 90 valence electrons. The molecule has 1 rings (SSSR count). The van der Waals surface area contributed by atoms with E-state index in [0.717, 1.165) is 39.0 Å². The Morgan fingerprint density at radius 1 is 1.00 bits per heavy atom. The van der Waals surface area contributed by atoms with Gasteiger partial charge in [-0.1, -0.05) is 30.3 Å². The Labute approximate surface area is 99.0 Å².